The lowest BCUT2D eigenvalue weighted by Crippen LogP contribution is -2.32. The molecule has 1 N–H and O–H groups in total. The molecule has 1 aromatic heterocycles. The molecule has 1 fully saturated rings. The van der Waals surface area contributed by atoms with Gasteiger partial charge in [0.1, 0.15) is 11.5 Å². The lowest BCUT2D eigenvalue weighted by molar-refractivity contribution is -0.117. The summed E-state index contributed by atoms with van der Waals surface area (Å²) in [5.41, 5.74) is 2.58. The summed E-state index contributed by atoms with van der Waals surface area (Å²) < 4.78 is 5.32. The van der Waals surface area contributed by atoms with E-state index in [-0.39, 0.29) is 29.2 Å². The van der Waals surface area contributed by atoms with E-state index in [9.17, 15) is 14.7 Å². The van der Waals surface area contributed by atoms with Crippen molar-refractivity contribution >= 4 is 23.0 Å². The number of Topliss-reactive ketones (excluding diaryl/α,β-unsaturated/α-hetero) is 2. The van der Waals surface area contributed by atoms with E-state index >= 15 is 0 Å². The maximum absolute atomic E-state index is 12.9. The van der Waals surface area contributed by atoms with Gasteiger partial charge in [0, 0.05) is 32.1 Å². The Morgan fingerprint density at radius 3 is 2.67 bits per heavy atom. The molecule has 0 aliphatic heterocycles. The van der Waals surface area contributed by atoms with E-state index in [2.05, 4.69) is 10.1 Å². The summed E-state index contributed by atoms with van der Waals surface area (Å²) in [6, 6.07) is 9.45. The minimum absolute atomic E-state index is 0.00481. The number of fused-ring (bicyclic) bond motifs is 1. The number of para-hydroxylation sites is 1. The first-order valence-corrected chi connectivity index (χ1v) is 10.4. The van der Waals surface area contributed by atoms with E-state index in [1.54, 1.807) is 0 Å². The topological polar surface area (TPSA) is 92.8 Å². The van der Waals surface area contributed by atoms with E-state index in [4.69, 9.17) is 4.52 Å². The number of allylic oxidation sites excluding steroid dienone is 2. The smallest absolute Gasteiger partial charge is 0.168 e. The minimum Gasteiger partial charge on any atom is -0.511 e. The second-order valence-electron chi connectivity index (χ2n) is 8.86. The molecule has 4 rings (SSSR count). The Bertz CT molecular complexity index is 1040. The number of hydrogen-bond acceptors (Lipinski definition) is 6. The van der Waals surface area contributed by atoms with Crippen molar-refractivity contribution in [2.75, 3.05) is 0 Å². The van der Waals surface area contributed by atoms with Gasteiger partial charge in [-0.2, -0.15) is 0 Å². The third-order valence-corrected chi connectivity index (χ3v) is 5.68. The summed E-state index contributed by atoms with van der Waals surface area (Å²) in [5, 5.41) is 14.9. The highest BCUT2D eigenvalue weighted by molar-refractivity contribution is 6.25. The van der Waals surface area contributed by atoms with Gasteiger partial charge in [0.05, 0.1) is 28.2 Å². The molecule has 2 aromatic rings. The molecular formula is C24H26N2O4. The first-order valence-electron chi connectivity index (χ1n) is 10.4. The minimum atomic E-state index is -0.216. The second kappa shape index (κ2) is 8.01. The highest BCUT2D eigenvalue weighted by atomic mass is 16.5. The summed E-state index contributed by atoms with van der Waals surface area (Å²) in [6.45, 7) is 4.07. The van der Waals surface area contributed by atoms with Crippen molar-refractivity contribution in [1.82, 2.24) is 5.16 Å². The van der Waals surface area contributed by atoms with Crippen molar-refractivity contribution in [3.63, 3.8) is 0 Å². The molecule has 6 nitrogen and oxygen atoms in total. The summed E-state index contributed by atoms with van der Waals surface area (Å²) in [6.07, 6.45) is 3.50. The molecule has 0 bridgehead atoms. The molecule has 0 atom stereocenters. The summed E-state index contributed by atoms with van der Waals surface area (Å²) in [4.78, 5) is 29.8. The predicted octanol–water partition coefficient (Wildman–Crippen LogP) is 5.10. The van der Waals surface area contributed by atoms with Gasteiger partial charge in [0.2, 0.25) is 0 Å². The molecule has 1 aromatic carbocycles. The molecule has 6 heteroatoms. The highest BCUT2D eigenvalue weighted by Crippen LogP contribution is 2.37. The van der Waals surface area contributed by atoms with Crippen molar-refractivity contribution in [2.24, 2.45) is 10.4 Å². The molecular weight excluding hydrogens is 380 g/mol. The van der Waals surface area contributed by atoms with Crippen LogP contribution in [0.15, 0.2) is 51.2 Å². The Morgan fingerprint density at radius 1 is 1.13 bits per heavy atom. The van der Waals surface area contributed by atoms with Crippen LogP contribution in [0.25, 0.3) is 0 Å². The van der Waals surface area contributed by atoms with Crippen LogP contribution < -0.4 is 0 Å². The average molecular weight is 406 g/mol. The van der Waals surface area contributed by atoms with Gasteiger partial charge in [0.15, 0.2) is 11.6 Å². The van der Waals surface area contributed by atoms with Crippen LogP contribution in [-0.2, 0) is 17.6 Å². The molecule has 30 heavy (non-hydrogen) atoms. The number of nitrogens with zero attached hydrogens (tertiary/aromatic N) is 2. The molecule has 0 spiro atoms. The van der Waals surface area contributed by atoms with Crippen LogP contribution in [0.5, 0.6) is 0 Å². The van der Waals surface area contributed by atoms with E-state index in [0.29, 0.717) is 60.4 Å². The Hall–Kier alpha value is -3.02. The normalized spacial score (nSPS) is 21.6. The molecule has 0 amide bonds. The number of hydrogen-bond donors (Lipinski definition) is 1. The zero-order valence-electron chi connectivity index (χ0n) is 17.4. The molecule has 1 saturated carbocycles. The van der Waals surface area contributed by atoms with E-state index in [1.165, 1.54) is 0 Å². The number of benzene rings is 1. The van der Waals surface area contributed by atoms with Crippen LogP contribution in [0.3, 0.4) is 0 Å². The summed E-state index contributed by atoms with van der Waals surface area (Å²) in [7, 11) is 0. The summed E-state index contributed by atoms with van der Waals surface area (Å²) in [5.74, 6) is 0.582. The van der Waals surface area contributed by atoms with E-state index < -0.39 is 0 Å². The van der Waals surface area contributed by atoms with Crippen LogP contribution in [0.2, 0.25) is 0 Å². The number of rotatable bonds is 4. The van der Waals surface area contributed by atoms with Gasteiger partial charge < -0.3 is 9.63 Å². The Morgan fingerprint density at radius 2 is 1.90 bits per heavy atom. The number of carbonyl (C=O) groups is 2. The fraction of sp³-hybridized carbons (Fsp3) is 0.417. The van der Waals surface area contributed by atoms with Crippen LogP contribution in [-0.4, -0.2) is 27.5 Å². The molecule has 0 unspecified atom stereocenters. The first kappa shape index (κ1) is 20.3. The van der Waals surface area contributed by atoms with Crippen LogP contribution in [0, 0.1) is 5.41 Å². The SMILES string of the molecule is CC1(C)CC(=O)/C(=C(/O)CCc2noc3c2C(=O)CCC3)C(=Nc2ccccc2)C1. The number of aryl methyl sites for hydroxylation is 2. The zero-order chi connectivity index (χ0) is 21.3. The molecule has 2 aliphatic rings. The number of aromatic nitrogens is 1. The molecule has 2 aliphatic carbocycles. The number of aliphatic imine (C=N–C) groups is 1. The summed E-state index contributed by atoms with van der Waals surface area (Å²) >= 11 is 0. The van der Waals surface area contributed by atoms with Gasteiger partial charge in [-0.1, -0.05) is 37.2 Å². The van der Waals surface area contributed by atoms with Crippen LogP contribution >= 0.6 is 0 Å². The van der Waals surface area contributed by atoms with Gasteiger partial charge in [-0.15, -0.1) is 0 Å². The third kappa shape index (κ3) is 4.13. The van der Waals surface area contributed by atoms with Crippen molar-refractivity contribution in [1.29, 1.82) is 0 Å². The van der Waals surface area contributed by atoms with Gasteiger partial charge in [0.25, 0.3) is 0 Å². The largest absolute Gasteiger partial charge is 0.511 e. The van der Waals surface area contributed by atoms with E-state index in [1.807, 2.05) is 44.2 Å². The van der Waals surface area contributed by atoms with Gasteiger partial charge in [-0.3, -0.25) is 14.6 Å². The second-order valence-corrected chi connectivity index (χ2v) is 8.86. The Kier molecular flexibility index (Phi) is 5.41. The van der Waals surface area contributed by atoms with Gasteiger partial charge in [-0.25, -0.2) is 0 Å². The number of aliphatic hydroxyl groups is 1. The standard InChI is InChI=1S/C24H26N2O4/c1-24(2)13-17(25-15-7-4-3-5-8-15)22(20(29)14-24)19(28)12-11-16-23-18(27)9-6-10-21(23)30-26-16/h3-5,7-8,28H,6,9-14H2,1-2H3/b22-19+,25-17?. The van der Waals surface area contributed by atoms with Crippen LogP contribution in [0.4, 0.5) is 5.69 Å². The quantitative estimate of drug-likeness (QED) is 0.563. The maximum atomic E-state index is 12.9. The van der Waals surface area contributed by atoms with Crippen molar-refractivity contribution in [2.45, 2.75) is 58.8 Å². The Labute approximate surface area is 175 Å². The number of ketones is 2. The molecule has 0 radical (unpaired) electrons. The monoisotopic (exact) mass is 406 g/mol. The predicted molar refractivity (Wildman–Crippen MR) is 113 cm³/mol. The lowest BCUT2D eigenvalue weighted by atomic mass is 9.73. The highest BCUT2D eigenvalue weighted by Gasteiger charge is 2.36. The van der Waals surface area contributed by atoms with Crippen molar-refractivity contribution in [3.05, 3.63) is 58.7 Å². The number of carbonyl (C=O) groups excluding carboxylic acids is 2. The molecule has 156 valence electrons. The third-order valence-electron chi connectivity index (χ3n) is 5.68. The Balaban J connectivity index is 1.63. The van der Waals surface area contributed by atoms with Crippen molar-refractivity contribution < 1.29 is 19.2 Å². The molecule has 1 heterocycles. The fourth-order valence-electron chi connectivity index (χ4n) is 4.29. The zero-order valence-corrected chi connectivity index (χ0v) is 17.4. The van der Waals surface area contributed by atoms with Crippen LogP contribution in [0.1, 0.15) is 67.8 Å². The number of aliphatic hydroxyl groups excluding tert-OH is 1. The molecule has 0 saturated heterocycles. The van der Waals surface area contributed by atoms with Gasteiger partial charge in [-0.05, 0) is 30.4 Å². The maximum Gasteiger partial charge on any atom is 0.168 e. The van der Waals surface area contributed by atoms with Gasteiger partial charge >= 0.3 is 0 Å². The fourth-order valence-corrected chi connectivity index (χ4v) is 4.29. The first-order chi connectivity index (χ1) is 14.3. The average Bonchev–Trinajstić information content (AvgIpc) is 3.10. The van der Waals surface area contributed by atoms with Crippen molar-refractivity contribution in [3.8, 4) is 0 Å². The van der Waals surface area contributed by atoms with E-state index in [0.717, 1.165) is 12.1 Å². The lowest BCUT2D eigenvalue weighted by Gasteiger charge is -2.31.